The van der Waals surface area contributed by atoms with Crippen LogP contribution < -0.4 is 9.47 Å². The molecule has 0 radical (unpaired) electrons. The second-order valence-corrected chi connectivity index (χ2v) is 6.32. The Morgan fingerprint density at radius 3 is 2.38 bits per heavy atom. The summed E-state index contributed by atoms with van der Waals surface area (Å²) in [5.41, 5.74) is 1.97. The van der Waals surface area contributed by atoms with Crippen LogP contribution in [0.15, 0.2) is 49.1 Å². The van der Waals surface area contributed by atoms with Gasteiger partial charge in [0.15, 0.2) is 11.5 Å². The highest BCUT2D eigenvalue weighted by molar-refractivity contribution is 5.35. The van der Waals surface area contributed by atoms with Gasteiger partial charge in [0, 0.05) is 5.92 Å². The summed E-state index contributed by atoms with van der Waals surface area (Å²) in [5.74, 6) is -1.96. The van der Waals surface area contributed by atoms with E-state index in [0.717, 1.165) is 24.0 Å². The molecule has 1 aliphatic heterocycles. The maximum atomic E-state index is 13.9. The molecule has 0 bridgehead atoms. The van der Waals surface area contributed by atoms with Gasteiger partial charge in [0.2, 0.25) is 11.6 Å². The molecule has 0 N–H and O–H groups in total. The molecule has 0 amide bonds. The van der Waals surface area contributed by atoms with Crippen LogP contribution in [0.5, 0.6) is 11.5 Å². The van der Waals surface area contributed by atoms with Gasteiger partial charge in [-0.1, -0.05) is 30.3 Å². The van der Waals surface area contributed by atoms with Crippen LogP contribution in [0.4, 0.5) is 8.78 Å². The molecular formula is C21H22F2O3. The van der Waals surface area contributed by atoms with Gasteiger partial charge >= 0.3 is 0 Å². The fourth-order valence-electron chi connectivity index (χ4n) is 2.99. The third kappa shape index (κ3) is 4.05. The Morgan fingerprint density at radius 1 is 1.08 bits per heavy atom. The fraction of sp³-hybridized carbons (Fsp3) is 0.333. The summed E-state index contributed by atoms with van der Waals surface area (Å²) in [4.78, 5) is 0. The molecule has 0 saturated carbocycles. The lowest BCUT2D eigenvalue weighted by atomic mass is 9.94. The molecule has 2 aromatic carbocycles. The zero-order valence-electron chi connectivity index (χ0n) is 14.7. The third-order valence-electron chi connectivity index (χ3n) is 4.62. The van der Waals surface area contributed by atoms with Crippen LogP contribution in [0.25, 0.3) is 0 Å². The first-order valence-electron chi connectivity index (χ1n) is 8.60. The quantitative estimate of drug-likeness (QED) is 0.662. The van der Waals surface area contributed by atoms with Crippen molar-refractivity contribution in [2.75, 3.05) is 13.7 Å². The normalized spacial score (nSPS) is 19.8. The second kappa shape index (κ2) is 8.32. The van der Waals surface area contributed by atoms with E-state index in [2.05, 4.69) is 6.58 Å². The topological polar surface area (TPSA) is 27.7 Å². The van der Waals surface area contributed by atoms with Crippen LogP contribution in [0.3, 0.4) is 0 Å². The lowest BCUT2D eigenvalue weighted by Gasteiger charge is -2.27. The summed E-state index contributed by atoms with van der Waals surface area (Å²) < 4.78 is 43.6. The first-order chi connectivity index (χ1) is 12.6. The molecule has 1 aliphatic rings. The fourth-order valence-corrected chi connectivity index (χ4v) is 2.99. The molecule has 1 fully saturated rings. The first kappa shape index (κ1) is 18.4. The lowest BCUT2D eigenvalue weighted by molar-refractivity contribution is -0.00515. The molecule has 1 heterocycles. The van der Waals surface area contributed by atoms with Crippen LogP contribution in [0.2, 0.25) is 0 Å². The minimum Gasteiger partial charge on any atom is -0.494 e. The molecule has 0 aliphatic carbocycles. The van der Waals surface area contributed by atoms with E-state index in [1.807, 2.05) is 30.3 Å². The van der Waals surface area contributed by atoms with E-state index in [1.54, 1.807) is 0 Å². The summed E-state index contributed by atoms with van der Waals surface area (Å²) >= 11 is 0. The maximum Gasteiger partial charge on any atom is 0.204 e. The predicted molar refractivity (Wildman–Crippen MR) is 95.3 cm³/mol. The van der Waals surface area contributed by atoms with Gasteiger partial charge in [-0.3, -0.25) is 0 Å². The van der Waals surface area contributed by atoms with Gasteiger partial charge in [-0.25, -0.2) is 0 Å². The van der Waals surface area contributed by atoms with E-state index < -0.39 is 11.6 Å². The zero-order valence-corrected chi connectivity index (χ0v) is 14.7. The molecule has 1 saturated heterocycles. The number of halogens is 2. The summed E-state index contributed by atoms with van der Waals surface area (Å²) in [6.07, 6.45) is 4.07. The summed E-state index contributed by atoms with van der Waals surface area (Å²) in [5, 5.41) is 0. The molecule has 3 rings (SSSR count). The number of ether oxygens (including phenoxy) is 3. The van der Waals surface area contributed by atoms with E-state index in [4.69, 9.17) is 14.2 Å². The Kier molecular flexibility index (Phi) is 5.89. The summed E-state index contributed by atoms with van der Waals surface area (Å²) in [6.45, 7) is 4.65. The van der Waals surface area contributed by atoms with E-state index in [1.165, 1.54) is 19.2 Å². The van der Waals surface area contributed by atoms with Gasteiger partial charge in [0.05, 0.1) is 19.8 Å². The largest absolute Gasteiger partial charge is 0.494 e. The summed E-state index contributed by atoms with van der Waals surface area (Å²) in [6, 6.07) is 10.5. The summed E-state index contributed by atoms with van der Waals surface area (Å²) in [7, 11) is 1.29. The molecule has 0 spiro atoms. The monoisotopic (exact) mass is 360 g/mol. The molecule has 5 heteroatoms. The van der Waals surface area contributed by atoms with Crippen molar-refractivity contribution < 1.29 is 23.0 Å². The Bertz CT molecular complexity index is 751. The second-order valence-electron chi connectivity index (χ2n) is 6.32. The number of hydrogen-bond donors (Lipinski definition) is 0. The van der Waals surface area contributed by atoms with Crippen LogP contribution in [0.1, 0.15) is 30.1 Å². The highest BCUT2D eigenvalue weighted by atomic mass is 19.2. The van der Waals surface area contributed by atoms with Crippen molar-refractivity contribution >= 4 is 0 Å². The van der Waals surface area contributed by atoms with Gasteiger partial charge in [-0.05, 0) is 36.1 Å². The standard InChI is InChI=1S/C21H22F2O3/c1-3-14-6-9-17(25-12-14)16-7-4-15(5-8-16)13-26-19-11-10-18(24-2)20(22)21(19)23/h3-5,7-8,10-11,14,17H,1,6,9,12-13H2,2H3. The Hall–Kier alpha value is -2.40. The third-order valence-corrected chi connectivity index (χ3v) is 4.62. The molecule has 2 atom stereocenters. The molecule has 26 heavy (non-hydrogen) atoms. The van der Waals surface area contributed by atoms with Crippen molar-refractivity contribution in [2.45, 2.75) is 25.6 Å². The Morgan fingerprint density at radius 2 is 1.77 bits per heavy atom. The van der Waals surface area contributed by atoms with Crippen LogP contribution in [-0.4, -0.2) is 13.7 Å². The van der Waals surface area contributed by atoms with Gasteiger partial charge in [-0.15, -0.1) is 6.58 Å². The highest BCUT2D eigenvalue weighted by Crippen LogP contribution is 2.31. The van der Waals surface area contributed by atoms with Gasteiger partial charge in [0.1, 0.15) is 6.61 Å². The van der Waals surface area contributed by atoms with Crippen LogP contribution >= 0.6 is 0 Å². The number of rotatable bonds is 6. The zero-order chi connectivity index (χ0) is 18.5. The van der Waals surface area contributed by atoms with Crippen molar-refractivity contribution in [3.05, 3.63) is 71.8 Å². The average molecular weight is 360 g/mol. The van der Waals surface area contributed by atoms with E-state index >= 15 is 0 Å². The molecule has 2 unspecified atom stereocenters. The molecule has 138 valence electrons. The predicted octanol–water partition coefficient (Wildman–Crippen LogP) is 5.21. The van der Waals surface area contributed by atoms with Crippen molar-refractivity contribution in [3.63, 3.8) is 0 Å². The number of benzene rings is 2. The molecular weight excluding hydrogens is 338 g/mol. The number of methoxy groups -OCH3 is 1. The van der Waals surface area contributed by atoms with Crippen molar-refractivity contribution in [3.8, 4) is 11.5 Å². The Labute approximate surface area is 152 Å². The van der Waals surface area contributed by atoms with Gasteiger partial charge in [0.25, 0.3) is 0 Å². The van der Waals surface area contributed by atoms with Crippen molar-refractivity contribution in [2.24, 2.45) is 5.92 Å². The number of hydrogen-bond acceptors (Lipinski definition) is 3. The average Bonchev–Trinajstić information content (AvgIpc) is 2.70. The minimum absolute atomic E-state index is 0.0919. The maximum absolute atomic E-state index is 13.9. The molecule has 0 aromatic heterocycles. The molecule has 3 nitrogen and oxygen atoms in total. The van der Waals surface area contributed by atoms with E-state index in [9.17, 15) is 8.78 Å². The lowest BCUT2D eigenvalue weighted by Crippen LogP contribution is -2.19. The van der Waals surface area contributed by atoms with Crippen LogP contribution in [0, 0.1) is 17.6 Å². The van der Waals surface area contributed by atoms with Crippen molar-refractivity contribution in [1.82, 2.24) is 0 Å². The van der Waals surface area contributed by atoms with Crippen molar-refractivity contribution in [1.29, 1.82) is 0 Å². The molecule has 2 aromatic rings. The van der Waals surface area contributed by atoms with Crippen LogP contribution in [-0.2, 0) is 11.3 Å². The van der Waals surface area contributed by atoms with Gasteiger partial charge in [-0.2, -0.15) is 8.78 Å². The van der Waals surface area contributed by atoms with E-state index in [-0.39, 0.29) is 24.2 Å². The smallest absolute Gasteiger partial charge is 0.204 e. The van der Waals surface area contributed by atoms with E-state index in [0.29, 0.717) is 12.5 Å². The van der Waals surface area contributed by atoms with Gasteiger partial charge < -0.3 is 14.2 Å². The highest BCUT2D eigenvalue weighted by Gasteiger charge is 2.21. The Balaban J connectivity index is 1.60. The first-order valence-corrected chi connectivity index (χ1v) is 8.60. The minimum atomic E-state index is -1.05. The SMILES string of the molecule is C=CC1CCC(c2ccc(COc3ccc(OC)c(F)c3F)cc2)OC1.